The second-order valence-electron chi connectivity index (χ2n) is 3.96. The van der Waals surface area contributed by atoms with Crippen LogP contribution in [0.2, 0.25) is 5.02 Å². The Hall–Kier alpha value is -2.01. The number of halogens is 1. The number of aromatic nitrogens is 2. The summed E-state index contributed by atoms with van der Waals surface area (Å²) in [7, 11) is 1.78. The Morgan fingerprint density at radius 1 is 1.50 bits per heavy atom. The van der Waals surface area contributed by atoms with Crippen molar-refractivity contribution in [3.05, 3.63) is 40.7 Å². The van der Waals surface area contributed by atoms with Gasteiger partial charge in [0.15, 0.2) is 0 Å². The molecule has 0 spiro atoms. The van der Waals surface area contributed by atoms with Gasteiger partial charge < -0.3 is 11.1 Å². The minimum atomic E-state index is -0.221. The van der Waals surface area contributed by atoms with Crippen LogP contribution in [0.25, 0.3) is 0 Å². The van der Waals surface area contributed by atoms with Gasteiger partial charge in [0, 0.05) is 18.4 Å². The van der Waals surface area contributed by atoms with Crippen LogP contribution in [0.15, 0.2) is 24.4 Å². The summed E-state index contributed by atoms with van der Waals surface area (Å²) in [6.07, 6.45) is 1.53. The van der Waals surface area contributed by atoms with Gasteiger partial charge in [0.1, 0.15) is 0 Å². The highest BCUT2D eigenvalue weighted by atomic mass is 35.5. The molecule has 0 aliphatic carbocycles. The van der Waals surface area contributed by atoms with E-state index in [9.17, 15) is 4.79 Å². The van der Waals surface area contributed by atoms with E-state index in [1.165, 1.54) is 6.20 Å². The number of nitrogens with one attached hydrogen (secondary N) is 1. The van der Waals surface area contributed by atoms with E-state index in [4.69, 9.17) is 17.3 Å². The molecule has 0 radical (unpaired) electrons. The van der Waals surface area contributed by atoms with Gasteiger partial charge in [-0.2, -0.15) is 5.10 Å². The summed E-state index contributed by atoms with van der Waals surface area (Å²) in [4.78, 5) is 12.0. The lowest BCUT2D eigenvalue weighted by Gasteiger charge is -2.06. The van der Waals surface area contributed by atoms with Gasteiger partial charge in [-0.25, -0.2) is 0 Å². The Kier molecular flexibility index (Phi) is 3.25. The summed E-state index contributed by atoms with van der Waals surface area (Å²) < 4.78 is 1.64. The van der Waals surface area contributed by atoms with Gasteiger partial charge >= 0.3 is 0 Å². The van der Waals surface area contributed by atoms with E-state index in [2.05, 4.69) is 10.4 Å². The van der Waals surface area contributed by atoms with Crippen LogP contribution in [0.3, 0.4) is 0 Å². The standard InChI is InChI=1S/C12H13ClN4O/c1-7-9(6-15-17(7)2)12(18)16-8-3-4-11(14)10(13)5-8/h3-6H,14H2,1-2H3,(H,16,18). The smallest absolute Gasteiger partial charge is 0.259 e. The topological polar surface area (TPSA) is 72.9 Å². The first kappa shape index (κ1) is 12.4. The summed E-state index contributed by atoms with van der Waals surface area (Å²) in [5.41, 5.74) is 8.01. The number of carbonyl (C=O) groups is 1. The molecule has 0 bridgehead atoms. The quantitative estimate of drug-likeness (QED) is 0.817. The molecule has 3 N–H and O–H groups in total. The number of rotatable bonds is 2. The van der Waals surface area contributed by atoms with Crippen LogP contribution >= 0.6 is 11.6 Å². The molecule has 0 fully saturated rings. The van der Waals surface area contributed by atoms with Gasteiger partial charge in [0.25, 0.3) is 5.91 Å². The molecule has 2 rings (SSSR count). The van der Waals surface area contributed by atoms with Crippen LogP contribution in [-0.4, -0.2) is 15.7 Å². The van der Waals surface area contributed by atoms with Gasteiger partial charge in [0.2, 0.25) is 0 Å². The number of nitrogen functional groups attached to an aromatic ring is 1. The first-order valence-electron chi connectivity index (χ1n) is 5.34. The highest BCUT2D eigenvalue weighted by Crippen LogP contribution is 2.23. The highest BCUT2D eigenvalue weighted by Gasteiger charge is 2.13. The predicted molar refractivity (Wildman–Crippen MR) is 71.8 cm³/mol. The van der Waals surface area contributed by atoms with E-state index in [-0.39, 0.29) is 5.91 Å². The van der Waals surface area contributed by atoms with Crippen LogP contribution in [0.1, 0.15) is 16.1 Å². The summed E-state index contributed by atoms with van der Waals surface area (Å²) in [6.45, 7) is 1.83. The van der Waals surface area contributed by atoms with Gasteiger partial charge in [0.05, 0.1) is 22.5 Å². The van der Waals surface area contributed by atoms with E-state index in [1.54, 1.807) is 29.9 Å². The van der Waals surface area contributed by atoms with Crippen molar-refractivity contribution in [3.63, 3.8) is 0 Å². The third-order valence-electron chi connectivity index (χ3n) is 2.74. The Morgan fingerprint density at radius 3 is 2.78 bits per heavy atom. The molecule has 2 aromatic rings. The first-order valence-corrected chi connectivity index (χ1v) is 5.72. The zero-order valence-electron chi connectivity index (χ0n) is 10.1. The van der Waals surface area contributed by atoms with Gasteiger partial charge in [-0.05, 0) is 25.1 Å². The van der Waals surface area contributed by atoms with Crippen molar-refractivity contribution in [2.24, 2.45) is 7.05 Å². The monoisotopic (exact) mass is 264 g/mol. The summed E-state index contributed by atoms with van der Waals surface area (Å²) in [5.74, 6) is -0.221. The number of nitrogens with zero attached hydrogens (tertiary/aromatic N) is 2. The molecule has 0 atom stereocenters. The molecule has 18 heavy (non-hydrogen) atoms. The average molecular weight is 265 g/mol. The number of anilines is 2. The molecule has 6 heteroatoms. The minimum absolute atomic E-state index is 0.221. The lowest BCUT2D eigenvalue weighted by atomic mass is 10.2. The van der Waals surface area contributed by atoms with Crippen molar-refractivity contribution in [3.8, 4) is 0 Å². The van der Waals surface area contributed by atoms with Gasteiger partial charge in [-0.1, -0.05) is 11.6 Å². The number of hydrogen-bond donors (Lipinski definition) is 2. The van der Waals surface area contributed by atoms with Crippen LogP contribution in [-0.2, 0) is 7.05 Å². The zero-order valence-corrected chi connectivity index (χ0v) is 10.8. The van der Waals surface area contributed by atoms with Crippen LogP contribution in [0, 0.1) is 6.92 Å². The molecule has 0 aliphatic heterocycles. The van der Waals surface area contributed by atoms with Crippen molar-refractivity contribution in [1.82, 2.24) is 9.78 Å². The number of aryl methyl sites for hydroxylation is 1. The van der Waals surface area contributed by atoms with Crippen molar-refractivity contribution < 1.29 is 4.79 Å². The van der Waals surface area contributed by atoms with E-state index in [0.29, 0.717) is 22.0 Å². The summed E-state index contributed by atoms with van der Waals surface area (Å²) in [5, 5.41) is 7.18. The molecule has 0 unspecified atom stereocenters. The fourth-order valence-electron chi connectivity index (χ4n) is 1.52. The third-order valence-corrected chi connectivity index (χ3v) is 3.07. The Balaban J connectivity index is 2.21. The molecular weight excluding hydrogens is 252 g/mol. The number of nitrogens with two attached hydrogens (primary N) is 1. The van der Waals surface area contributed by atoms with Gasteiger partial charge in [-0.15, -0.1) is 0 Å². The molecule has 1 aromatic carbocycles. The summed E-state index contributed by atoms with van der Waals surface area (Å²) >= 11 is 5.89. The lowest BCUT2D eigenvalue weighted by Crippen LogP contribution is -2.13. The largest absolute Gasteiger partial charge is 0.398 e. The van der Waals surface area contributed by atoms with Crippen molar-refractivity contribution >= 4 is 28.9 Å². The second-order valence-corrected chi connectivity index (χ2v) is 4.36. The number of benzene rings is 1. The van der Waals surface area contributed by atoms with Gasteiger partial charge in [-0.3, -0.25) is 9.48 Å². The fraction of sp³-hybridized carbons (Fsp3) is 0.167. The molecule has 1 amide bonds. The van der Waals surface area contributed by atoms with E-state index < -0.39 is 0 Å². The molecule has 0 saturated carbocycles. The SMILES string of the molecule is Cc1c(C(=O)Nc2ccc(N)c(Cl)c2)cnn1C. The number of hydrogen-bond acceptors (Lipinski definition) is 3. The molecule has 0 aliphatic rings. The normalized spacial score (nSPS) is 10.4. The molecular formula is C12H13ClN4O. The molecule has 1 heterocycles. The van der Waals surface area contributed by atoms with Crippen molar-refractivity contribution in [2.75, 3.05) is 11.1 Å². The number of carbonyl (C=O) groups excluding carboxylic acids is 1. The van der Waals surface area contributed by atoms with Crippen LogP contribution in [0.4, 0.5) is 11.4 Å². The van der Waals surface area contributed by atoms with E-state index in [0.717, 1.165) is 5.69 Å². The fourth-order valence-corrected chi connectivity index (χ4v) is 1.71. The molecule has 1 aromatic heterocycles. The van der Waals surface area contributed by atoms with Crippen LogP contribution < -0.4 is 11.1 Å². The summed E-state index contributed by atoms with van der Waals surface area (Å²) in [6, 6.07) is 4.96. The Morgan fingerprint density at radius 2 is 2.22 bits per heavy atom. The molecule has 0 saturated heterocycles. The van der Waals surface area contributed by atoms with Crippen LogP contribution in [0.5, 0.6) is 0 Å². The maximum atomic E-state index is 12.0. The maximum absolute atomic E-state index is 12.0. The maximum Gasteiger partial charge on any atom is 0.259 e. The third kappa shape index (κ3) is 2.31. The van der Waals surface area contributed by atoms with Crippen molar-refractivity contribution in [1.29, 1.82) is 0 Å². The average Bonchev–Trinajstić information content (AvgIpc) is 2.65. The zero-order chi connectivity index (χ0) is 13.3. The minimum Gasteiger partial charge on any atom is -0.398 e. The number of amides is 1. The molecule has 94 valence electrons. The van der Waals surface area contributed by atoms with E-state index in [1.807, 2.05) is 6.92 Å². The Bertz CT molecular complexity index is 606. The predicted octanol–water partition coefficient (Wildman–Crippen LogP) is 2.22. The first-order chi connectivity index (χ1) is 8.49. The van der Waals surface area contributed by atoms with E-state index >= 15 is 0 Å². The lowest BCUT2D eigenvalue weighted by molar-refractivity contribution is 0.102. The van der Waals surface area contributed by atoms with Crippen molar-refractivity contribution in [2.45, 2.75) is 6.92 Å². The Labute approximate surface area is 110 Å². The second kappa shape index (κ2) is 4.70. The highest BCUT2D eigenvalue weighted by molar-refractivity contribution is 6.33. The molecule has 5 nitrogen and oxygen atoms in total.